The Bertz CT molecular complexity index is 275. The summed E-state index contributed by atoms with van der Waals surface area (Å²) in [5.41, 5.74) is 0. The Kier molecular flexibility index (Phi) is 14.2. The van der Waals surface area contributed by atoms with Gasteiger partial charge in [-0.05, 0) is 26.2 Å². The number of hydrogen-bond acceptors (Lipinski definition) is 3. The lowest BCUT2D eigenvalue weighted by Gasteiger charge is -2.31. The first-order valence-corrected chi connectivity index (χ1v) is 9.25. The number of nitrogens with zero attached hydrogens (tertiary/aromatic N) is 1. The third-order valence-corrected chi connectivity index (χ3v) is 3.55. The fourth-order valence-electron chi connectivity index (χ4n) is 2.54. The van der Waals surface area contributed by atoms with Crippen LogP contribution in [0, 0.1) is 11.8 Å². The second kappa shape index (κ2) is 13.1. The third-order valence-electron chi connectivity index (χ3n) is 3.55. The monoisotopic (exact) mass is 315 g/mol. The van der Waals surface area contributed by atoms with Crippen LogP contribution in [0.4, 0.5) is 0 Å². The maximum absolute atomic E-state index is 12.4. The molecule has 22 heavy (non-hydrogen) atoms. The minimum Gasteiger partial charge on any atom is -0.376 e. The zero-order valence-electron chi connectivity index (χ0n) is 16.8. The van der Waals surface area contributed by atoms with Gasteiger partial charge in [-0.25, -0.2) is 0 Å². The van der Waals surface area contributed by atoms with Crippen molar-refractivity contribution in [1.29, 1.82) is 0 Å². The van der Waals surface area contributed by atoms with Gasteiger partial charge in [0.15, 0.2) is 5.78 Å². The number of carbonyl (C=O) groups is 1. The molecule has 0 N–H and O–H groups in total. The van der Waals surface area contributed by atoms with Gasteiger partial charge in [0.1, 0.15) is 0 Å². The smallest absolute Gasteiger partial charge is 0.155 e. The molecule has 3 nitrogen and oxygen atoms in total. The van der Waals surface area contributed by atoms with Crippen LogP contribution in [0.2, 0.25) is 0 Å². The topological polar surface area (TPSA) is 29.5 Å². The van der Waals surface area contributed by atoms with Crippen LogP contribution in [-0.2, 0) is 9.53 Å². The van der Waals surface area contributed by atoms with Gasteiger partial charge in [-0.15, -0.1) is 0 Å². The quantitative estimate of drug-likeness (QED) is 0.706. The fourth-order valence-corrected chi connectivity index (χ4v) is 2.54. The van der Waals surface area contributed by atoms with E-state index in [9.17, 15) is 4.79 Å². The number of carbonyl (C=O) groups excluding carboxylic acids is 1. The van der Waals surface area contributed by atoms with E-state index in [2.05, 4.69) is 32.6 Å². The zero-order valence-corrected chi connectivity index (χ0v) is 16.8. The van der Waals surface area contributed by atoms with E-state index in [1.54, 1.807) is 0 Å². The average molecular weight is 316 g/mol. The highest BCUT2D eigenvalue weighted by Crippen LogP contribution is 2.26. The third kappa shape index (κ3) is 7.73. The summed E-state index contributed by atoms with van der Waals surface area (Å²) in [6, 6.07) is 0.370. The maximum Gasteiger partial charge on any atom is 0.155 e. The Balaban J connectivity index is 0. The summed E-state index contributed by atoms with van der Waals surface area (Å²) in [5, 5.41) is 0. The second-order valence-corrected chi connectivity index (χ2v) is 6.39. The van der Waals surface area contributed by atoms with Crippen LogP contribution in [-0.4, -0.2) is 42.0 Å². The van der Waals surface area contributed by atoms with Crippen LogP contribution in [0.3, 0.4) is 0 Å². The largest absolute Gasteiger partial charge is 0.376 e. The minimum atomic E-state index is -0.0382. The van der Waals surface area contributed by atoms with Gasteiger partial charge in [0, 0.05) is 25.1 Å². The second-order valence-electron chi connectivity index (χ2n) is 6.39. The van der Waals surface area contributed by atoms with Crippen LogP contribution in [0.25, 0.3) is 0 Å². The van der Waals surface area contributed by atoms with Crippen molar-refractivity contribution >= 4 is 5.78 Å². The van der Waals surface area contributed by atoms with Gasteiger partial charge in [0.2, 0.25) is 0 Å². The van der Waals surface area contributed by atoms with Crippen molar-refractivity contribution in [2.45, 2.75) is 93.8 Å². The highest BCUT2D eigenvalue weighted by molar-refractivity contribution is 5.86. The standard InChI is InChI=1S/C15H29NO2.2C2H6/c1-10(2)9-18-13-7-8-16(12(5)6)14(13)15(17)11(3)4;2*1-2/h10-14H,7-9H2,1-6H3;2*1-2H3/t13?,14-;;/m0../s1. The van der Waals surface area contributed by atoms with Crippen molar-refractivity contribution in [1.82, 2.24) is 4.90 Å². The summed E-state index contributed by atoms with van der Waals surface area (Å²) >= 11 is 0. The Morgan fingerprint density at radius 3 is 1.91 bits per heavy atom. The number of ketones is 1. The van der Waals surface area contributed by atoms with Crippen molar-refractivity contribution in [3.05, 3.63) is 0 Å². The summed E-state index contributed by atoms with van der Waals surface area (Å²) in [7, 11) is 0. The number of hydrogen-bond donors (Lipinski definition) is 0. The van der Waals surface area contributed by atoms with E-state index in [-0.39, 0.29) is 18.1 Å². The number of ether oxygens (including phenoxy) is 1. The summed E-state index contributed by atoms with van der Waals surface area (Å²) in [4.78, 5) is 14.7. The van der Waals surface area contributed by atoms with E-state index in [4.69, 9.17) is 4.74 Å². The van der Waals surface area contributed by atoms with Gasteiger partial charge in [-0.1, -0.05) is 55.4 Å². The van der Waals surface area contributed by atoms with Crippen LogP contribution in [0.5, 0.6) is 0 Å². The minimum absolute atomic E-state index is 0.0382. The molecular formula is C19H41NO2. The van der Waals surface area contributed by atoms with Gasteiger partial charge >= 0.3 is 0 Å². The predicted octanol–water partition coefficient (Wildman–Crippen LogP) is 4.79. The highest BCUT2D eigenvalue weighted by Gasteiger charge is 2.41. The lowest BCUT2D eigenvalue weighted by atomic mass is 9.97. The van der Waals surface area contributed by atoms with Crippen molar-refractivity contribution in [2.24, 2.45) is 11.8 Å². The van der Waals surface area contributed by atoms with Gasteiger partial charge in [0.05, 0.1) is 12.1 Å². The molecule has 0 aromatic heterocycles. The Morgan fingerprint density at radius 1 is 1.05 bits per heavy atom. The Morgan fingerprint density at radius 2 is 1.55 bits per heavy atom. The van der Waals surface area contributed by atoms with Crippen LogP contribution in [0.15, 0.2) is 0 Å². The number of likely N-dealkylation sites (tertiary alicyclic amines) is 1. The molecule has 0 aromatic rings. The molecule has 0 spiro atoms. The van der Waals surface area contributed by atoms with E-state index < -0.39 is 0 Å². The average Bonchev–Trinajstić information content (AvgIpc) is 2.92. The first-order valence-electron chi connectivity index (χ1n) is 9.25. The van der Waals surface area contributed by atoms with Crippen LogP contribution in [0.1, 0.15) is 75.7 Å². The van der Waals surface area contributed by atoms with Crippen LogP contribution < -0.4 is 0 Å². The number of Topliss-reactive ketones (excluding diaryl/α,β-unsaturated/α-hetero) is 1. The number of rotatable bonds is 6. The molecule has 1 unspecified atom stereocenters. The van der Waals surface area contributed by atoms with Gasteiger partial charge in [0.25, 0.3) is 0 Å². The van der Waals surface area contributed by atoms with E-state index in [0.717, 1.165) is 19.6 Å². The van der Waals surface area contributed by atoms with E-state index in [0.29, 0.717) is 17.7 Å². The molecule has 0 radical (unpaired) electrons. The molecule has 1 fully saturated rings. The summed E-state index contributed by atoms with van der Waals surface area (Å²) < 4.78 is 5.97. The fraction of sp³-hybridized carbons (Fsp3) is 0.947. The Hall–Kier alpha value is -0.410. The summed E-state index contributed by atoms with van der Waals surface area (Å²) in [5.74, 6) is 0.933. The molecule has 1 rings (SSSR count). The summed E-state index contributed by atoms with van der Waals surface area (Å²) in [6.07, 6.45) is 1.07. The van der Waals surface area contributed by atoms with Gasteiger partial charge < -0.3 is 4.74 Å². The SMILES string of the molecule is CC.CC.CC(C)COC1CCN(C(C)C)[C@@H]1C(=O)C(C)C. The maximum atomic E-state index is 12.4. The van der Waals surface area contributed by atoms with Gasteiger partial charge in [-0.3, -0.25) is 9.69 Å². The molecule has 3 heteroatoms. The van der Waals surface area contributed by atoms with Crippen molar-refractivity contribution in [3.63, 3.8) is 0 Å². The molecular weight excluding hydrogens is 274 g/mol. The lowest BCUT2D eigenvalue weighted by molar-refractivity contribution is -0.131. The highest BCUT2D eigenvalue weighted by atomic mass is 16.5. The molecule has 0 aliphatic carbocycles. The predicted molar refractivity (Wildman–Crippen MR) is 97.4 cm³/mol. The molecule has 0 saturated carbocycles. The van der Waals surface area contributed by atoms with Crippen LogP contribution >= 0.6 is 0 Å². The molecule has 0 aromatic carbocycles. The lowest BCUT2D eigenvalue weighted by Crippen LogP contribution is -2.47. The molecule has 0 amide bonds. The van der Waals surface area contributed by atoms with Gasteiger partial charge in [-0.2, -0.15) is 0 Å². The zero-order chi connectivity index (χ0) is 17.9. The molecule has 0 bridgehead atoms. The van der Waals surface area contributed by atoms with E-state index in [1.165, 1.54) is 0 Å². The molecule has 2 atom stereocenters. The first-order chi connectivity index (χ1) is 10.3. The molecule has 134 valence electrons. The van der Waals surface area contributed by atoms with E-state index in [1.807, 2.05) is 41.5 Å². The first kappa shape index (κ1) is 23.9. The molecule has 1 heterocycles. The van der Waals surface area contributed by atoms with Crippen molar-refractivity contribution in [3.8, 4) is 0 Å². The van der Waals surface area contributed by atoms with Crippen molar-refractivity contribution < 1.29 is 9.53 Å². The normalized spacial score (nSPS) is 21.5. The van der Waals surface area contributed by atoms with Crippen molar-refractivity contribution in [2.75, 3.05) is 13.2 Å². The van der Waals surface area contributed by atoms with E-state index >= 15 is 0 Å². The Labute approximate surface area is 139 Å². The molecule has 1 aliphatic rings. The molecule has 1 aliphatic heterocycles. The molecule has 1 saturated heterocycles. The summed E-state index contributed by atoms with van der Waals surface area (Å²) in [6.45, 7) is 22.3.